The fourth-order valence-electron chi connectivity index (χ4n) is 4.21. The van der Waals surface area contributed by atoms with Crippen molar-refractivity contribution in [2.75, 3.05) is 6.54 Å². The third kappa shape index (κ3) is 1.91. The van der Waals surface area contributed by atoms with Gasteiger partial charge in [-0.2, -0.15) is 0 Å². The molecule has 0 bridgehead atoms. The van der Waals surface area contributed by atoms with Crippen molar-refractivity contribution < 1.29 is 0 Å². The summed E-state index contributed by atoms with van der Waals surface area (Å²) in [5.74, 6) is 0. The van der Waals surface area contributed by atoms with Crippen LogP contribution in [0.15, 0.2) is 42.5 Å². The van der Waals surface area contributed by atoms with E-state index in [0.29, 0.717) is 0 Å². The van der Waals surface area contributed by atoms with E-state index in [-0.39, 0.29) is 0 Å². The van der Waals surface area contributed by atoms with Gasteiger partial charge in [-0.15, -0.1) is 0 Å². The summed E-state index contributed by atoms with van der Waals surface area (Å²) in [4.78, 5) is 0. The van der Waals surface area contributed by atoms with Gasteiger partial charge in [0.25, 0.3) is 0 Å². The zero-order chi connectivity index (χ0) is 15.4. The van der Waals surface area contributed by atoms with E-state index in [9.17, 15) is 0 Å². The van der Waals surface area contributed by atoms with Crippen LogP contribution in [0.1, 0.15) is 27.9 Å². The molecule has 2 aliphatic heterocycles. The van der Waals surface area contributed by atoms with Crippen molar-refractivity contribution in [3.05, 3.63) is 70.4 Å². The van der Waals surface area contributed by atoms with Gasteiger partial charge in [-0.05, 0) is 53.0 Å². The Morgan fingerprint density at radius 3 is 2.83 bits per heavy atom. The van der Waals surface area contributed by atoms with Crippen molar-refractivity contribution >= 4 is 22.6 Å². The van der Waals surface area contributed by atoms with Gasteiger partial charge in [0.15, 0.2) is 0 Å². The molecule has 2 aliphatic rings. The summed E-state index contributed by atoms with van der Waals surface area (Å²) < 4.78 is 2.57. The molecule has 0 radical (unpaired) electrons. The van der Waals surface area contributed by atoms with E-state index < -0.39 is 0 Å². The van der Waals surface area contributed by atoms with Crippen LogP contribution in [0.25, 0.3) is 22.6 Å². The van der Waals surface area contributed by atoms with Crippen molar-refractivity contribution in [3.63, 3.8) is 0 Å². The number of aryl methyl sites for hydroxylation is 1. The molecule has 0 aliphatic carbocycles. The maximum atomic E-state index is 3.54. The summed E-state index contributed by atoms with van der Waals surface area (Å²) in [5.41, 5.74) is 9.96. The Kier molecular flexibility index (Phi) is 2.77. The van der Waals surface area contributed by atoms with Gasteiger partial charge in [-0.3, -0.25) is 0 Å². The molecule has 2 nitrogen and oxygen atoms in total. The van der Waals surface area contributed by atoms with E-state index in [2.05, 4.69) is 65.3 Å². The lowest BCUT2D eigenvalue weighted by Gasteiger charge is -2.21. The van der Waals surface area contributed by atoms with Crippen molar-refractivity contribution in [3.8, 4) is 0 Å². The van der Waals surface area contributed by atoms with Crippen LogP contribution in [0.3, 0.4) is 0 Å². The Balaban J connectivity index is 1.79. The summed E-state index contributed by atoms with van der Waals surface area (Å²) in [7, 11) is 0. The number of hydrogen-bond donors (Lipinski definition) is 1. The minimum Gasteiger partial charge on any atom is -0.339 e. The molecule has 0 saturated carbocycles. The lowest BCUT2D eigenvalue weighted by Crippen LogP contribution is -2.25. The number of aromatic nitrogens is 1. The smallest absolute Gasteiger partial charge is 0.0562 e. The second kappa shape index (κ2) is 4.84. The Morgan fingerprint density at radius 1 is 1.09 bits per heavy atom. The second-order valence-electron chi connectivity index (χ2n) is 6.72. The molecule has 0 spiro atoms. The lowest BCUT2D eigenvalue weighted by atomic mass is 9.97. The van der Waals surface area contributed by atoms with Crippen LogP contribution in [0.4, 0.5) is 0 Å². The third-order valence-electron chi connectivity index (χ3n) is 5.20. The second-order valence-corrected chi connectivity index (χ2v) is 6.72. The minimum absolute atomic E-state index is 0.992. The summed E-state index contributed by atoms with van der Waals surface area (Å²) in [6.07, 6.45) is 3.52. The third-order valence-corrected chi connectivity index (χ3v) is 5.20. The fourth-order valence-corrected chi connectivity index (χ4v) is 4.21. The van der Waals surface area contributed by atoms with Gasteiger partial charge in [0.1, 0.15) is 0 Å². The highest BCUT2D eigenvalue weighted by molar-refractivity contribution is 5.99. The number of rotatable bonds is 1. The first kappa shape index (κ1) is 13.1. The van der Waals surface area contributed by atoms with Gasteiger partial charge in [0.2, 0.25) is 0 Å². The Morgan fingerprint density at radius 2 is 1.96 bits per heavy atom. The fraction of sp³-hybridized carbons (Fsp3) is 0.238. The van der Waals surface area contributed by atoms with E-state index in [4.69, 9.17) is 0 Å². The van der Waals surface area contributed by atoms with Crippen molar-refractivity contribution in [2.24, 2.45) is 0 Å². The van der Waals surface area contributed by atoms with Crippen LogP contribution < -0.4 is 5.32 Å². The average molecular weight is 300 g/mol. The highest BCUT2D eigenvalue weighted by atomic mass is 15.0. The van der Waals surface area contributed by atoms with Gasteiger partial charge < -0.3 is 9.88 Å². The van der Waals surface area contributed by atoms with E-state index in [0.717, 1.165) is 26.1 Å². The molecule has 1 N–H and O–H groups in total. The minimum atomic E-state index is 0.992. The zero-order valence-corrected chi connectivity index (χ0v) is 13.4. The molecule has 23 heavy (non-hydrogen) atoms. The van der Waals surface area contributed by atoms with Gasteiger partial charge >= 0.3 is 0 Å². The van der Waals surface area contributed by atoms with Gasteiger partial charge in [0.05, 0.1) is 5.52 Å². The van der Waals surface area contributed by atoms with E-state index in [1.807, 2.05) is 0 Å². The normalized spacial score (nSPS) is 16.3. The molecule has 2 aromatic carbocycles. The highest BCUT2D eigenvalue weighted by Crippen LogP contribution is 2.38. The van der Waals surface area contributed by atoms with Crippen molar-refractivity contribution in [1.29, 1.82) is 0 Å². The van der Waals surface area contributed by atoms with Crippen LogP contribution in [-0.2, 0) is 19.5 Å². The number of nitrogens with zero attached hydrogens (tertiary/aromatic N) is 1. The maximum absolute atomic E-state index is 3.54. The molecular formula is C21H20N2. The van der Waals surface area contributed by atoms with Crippen LogP contribution in [-0.4, -0.2) is 11.1 Å². The van der Waals surface area contributed by atoms with Gasteiger partial charge in [-0.1, -0.05) is 30.3 Å². The van der Waals surface area contributed by atoms with Crippen molar-refractivity contribution in [1.82, 2.24) is 9.88 Å². The molecule has 1 aromatic heterocycles. The summed E-state index contributed by atoms with van der Waals surface area (Å²) in [6, 6.07) is 15.5. The molecule has 0 unspecified atom stereocenters. The largest absolute Gasteiger partial charge is 0.339 e. The number of benzene rings is 2. The monoisotopic (exact) mass is 300 g/mol. The van der Waals surface area contributed by atoms with Crippen LogP contribution in [0.2, 0.25) is 0 Å². The molecule has 2 heteroatoms. The van der Waals surface area contributed by atoms with Crippen LogP contribution in [0, 0.1) is 6.92 Å². The standard InChI is InChI=1S/C21H20N2/c1-14-9-16-11-17(15-5-3-2-4-6-15)13-23-20-7-8-22-12-19(20)18(10-14)21(16)23/h2-6,9-11,22H,7-8,12-13H2,1H3. The summed E-state index contributed by atoms with van der Waals surface area (Å²) >= 11 is 0. The lowest BCUT2D eigenvalue weighted by molar-refractivity contribution is 0.615. The first-order valence-corrected chi connectivity index (χ1v) is 8.42. The Hall–Kier alpha value is -2.32. The van der Waals surface area contributed by atoms with E-state index in [1.54, 1.807) is 0 Å². The molecular weight excluding hydrogens is 280 g/mol. The first-order chi connectivity index (χ1) is 11.3. The highest BCUT2D eigenvalue weighted by Gasteiger charge is 2.24. The predicted molar refractivity (Wildman–Crippen MR) is 96.4 cm³/mol. The SMILES string of the molecule is Cc1cc2c3c(c1)c1c(n3CC(c3ccccc3)=C2)CCNC1. The molecule has 5 rings (SSSR count). The Bertz CT molecular complexity index is 945. The number of allylic oxidation sites excluding steroid dienone is 1. The topological polar surface area (TPSA) is 17.0 Å². The van der Waals surface area contributed by atoms with E-state index >= 15 is 0 Å². The Labute approximate surface area is 136 Å². The van der Waals surface area contributed by atoms with Gasteiger partial charge in [-0.25, -0.2) is 0 Å². The molecule has 0 saturated heterocycles. The summed E-state index contributed by atoms with van der Waals surface area (Å²) in [6.45, 7) is 5.29. The average Bonchev–Trinajstić information content (AvgIpc) is 2.91. The van der Waals surface area contributed by atoms with Crippen LogP contribution in [0.5, 0.6) is 0 Å². The summed E-state index contributed by atoms with van der Waals surface area (Å²) in [5, 5.41) is 4.99. The quantitative estimate of drug-likeness (QED) is 0.714. The molecule has 0 amide bonds. The first-order valence-electron chi connectivity index (χ1n) is 8.42. The molecule has 0 fully saturated rings. The van der Waals surface area contributed by atoms with Crippen LogP contribution >= 0.6 is 0 Å². The molecule has 3 heterocycles. The molecule has 3 aromatic rings. The molecule has 114 valence electrons. The molecule has 0 atom stereocenters. The number of hydrogen-bond acceptors (Lipinski definition) is 1. The van der Waals surface area contributed by atoms with Gasteiger partial charge in [0, 0.05) is 37.1 Å². The van der Waals surface area contributed by atoms with Crippen molar-refractivity contribution in [2.45, 2.75) is 26.4 Å². The number of fused-ring (bicyclic) bond motifs is 3. The zero-order valence-electron chi connectivity index (χ0n) is 13.4. The van der Waals surface area contributed by atoms with E-state index in [1.165, 1.54) is 44.4 Å². The maximum Gasteiger partial charge on any atom is 0.0562 e. The number of nitrogens with one attached hydrogen (secondary N) is 1. The predicted octanol–water partition coefficient (Wildman–Crippen LogP) is 4.15.